The molecule has 144 valence electrons. The zero-order valence-corrected chi connectivity index (χ0v) is 15.6. The Hall–Kier alpha value is -2.60. The second-order valence-corrected chi connectivity index (χ2v) is 6.69. The zero-order valence-electron chi connectivity index (χ0n) is 15.6. The average molecular weight is 370 g/mol. The standard InChI is InChI=1S/C21H26N2O4/c1-2-3-4-5-12-26-17-10-8-16(9-11-17)23-20(24)14-19(21(23)25)22-15-18-7-6-13-27-18/h6-11,13,19,22H,2-5,12,14-15H2,1H3/t19-/m0/s1. The summed E-state index contributed by atoms with van der Waals surface area (Å²) < 4.78 is 11.0. The normalized spacial score (nSPS) is 16.9. The van der Waals surface area contributed by atoms with Crippen molar-refractivity contribution in [2.24, 2.45) is 0 Å². The first-order valence-corrected chi connectivity index (χ1v) is 9.54. The van der Waals surface area contributed by atoms with Crippen molar-refractivity contribution in [1.82, 2.24) is 5.32 Å². The number of furan rings is 1. The van der Waals surface area contributed by atoms with Gasteiger partial charge in [0, 0.05) is 0 Å². The highest BCUT2D eigenvalue weighted by molar-refractivity contribution is 6.22. The lowest BCUT2D eigenvalue weighted by Crippen LogP contribution is -2.38. The van der Waals surface area contributed by atoms with Crippen LogP contribution in [0.25, 0.3) is 0 Å². The number of imide groups is 1. The molecule has 0 unspecified atom stereocenters. The predicted octanol–water partition coefficient (Wildman–Crippen LogP) is 3.66. The minimum Gasteiger partial charge on any atom is -0.494 e. The van der Waals surface area contributed by atoms with E-state index in [9.17, 15) is 9.59 Å². The monoisotopic (exact) mass is 370 g/mol. The minimum atomic E-state index is -0.530. The number of amides is 2. The lowest BCUT2D eigenvalue weighted by atomic mass is 10.2. The Bertz CT molecular complexity index is 740. The summed E-state index contributed by atoms with van der Waals surface area (Å²) in [6, 6.07) is 10.2. The van der Waals surface area contributed by atoms with Gasteiger partial charge in [0.1, 0.15) is 11.5 Å². The van der Waals surface area contributed by atoms with Crippen LogP contribution in [-0.2, 0) is 16.1 Å². The Morgan fingerprint density at radius 1 is 1.15 bits per heavy atom. The first kappa shape index (κ1) is 19.2. The number of nitrogens with zero attached hydrogens (tertiary/aromatic N) is 1. The number of hydrogen-bond acceptors (Lipinski definition) is 5. The molecule has 27 heavy (non-hydrogen) atoms. The third-order valence-electron chi connectivity index (χ3n) is 4.61. The first-order chi connectivity index (χ1) is 13.2. The van der Waals surface area contributed by atoms with Crippen molar-refractivity contribution in [1.29, 1.82) is 0 Å². The Labute approximate surface area is 159 Å². The molecule has 1 aliphatic rings. The quantitative estimate of drug-likeness (QED) is 0.510. The van der Waals surface area contributed by atoms with Crippen molar-refractivity contribution in [2.75, 3.05) is 11.5 Å². The fourth-order valence-electron chi connectivity index (χ4n) is 3.11. The van der Waals surface area contributed by atoms with Gasteiger partial charge in [-0.25, -0.2) is 4.90 Å². The fraction of sp³-hybridized carbons (Fsp3) is 0.429. The Morgan fingerprint density at radius 3 is 2.67 bits per heavy atom. The summed E-state index contributed by atoms with van der Waals surface area (Å²) in [7, 11) is 0. The summed E-state index contributed by atoms with van der Waals surface area (Å²) in [6.45, 7) is 3.27. The average Bonchev–Trinajstić information content (AvgIpc) is 3.28. The van der Waals surface area contributed by atoms with Gasteiger partial charge in [0.15, 0.2) is 0 Å². The highest BCUT2D eigenvalue weighted by atomic mass is 16.5. The molecule has 1 saturated heterocycles. The molecule has 0 saturated carbocycles. The van der Waals surface area contributed by atoms with Gasteiger partial charge < -0.3 is 9.15 Å². The molecule has 2 aromatic rings. The van der Waals surface area contributed by atoms with E-state index in [4.69, 9.17) is 9.15 Å². The van der Waals surface area contributed by atoms with Crippen molar-refractivity contribution in [3.63, 3.8) is 0 Å². The Balaban J connectivity index is 1.53. The van der Waals surface area contributed by atoms with Crippen LogP contribution in [0.4, 0.5) is 5.69 Å². The number of carbonyl (C=O) groups excluding carboxylic acids is 2. The molecule has 1 aliphatic heterocycles. The maximum atomic E-state index is 12.6. The van der Waals surface area contributed by atoms with Crippen LogP contribution in [0.1, 0.15) is 44.8 Å². The SMILES string of the molecule is CCCCCCOc1ccc(N2C(=O)C[C@H](NCc3ccco3)C2=O)cc1. The van der Waals surface area contributed by atoms with E-state index in [1.54, 1.807) is 36.6 Å². The number of unbranched alkanes of at least 4 members (excludes halogenated alkanes) is 3. The number of hydrogen-bond donors (Lipinski definition) is 1. The van der Waals surface area contributed by atoms with Crippen LogP contribution in [0.2, 0.25) is 0 Å². The van der Waals surface area contributed by atoms with E-state index < -0.39 is 6.04 Å². The summed E-state index contributed by atoms with van der Waals surface area (Å²) in [5.41, 5.74) is 0.575. The van der Waals surface area contributed by atoms with E-state index >= 15 is 0 Å². The molecule has 0 aliphatic carbocycles. The first-order valence-electron chi connectivity index (χ1n) is 9.54. The maximum Gasteiger partial charge on any atom is 0.251 e. The molecule has 2 amide bonds. The van der Waals surface area contributed by atoms with Gasteiger partial charge in [-0.2, -0.15) is 0 Å². The lowest BCUT2D eigenvalue weighted by Gasteiger charge is -2.16. The van der Waals surface area contributed by atoms with Gasteiger partial charge >= 0.3 is 0 Å². The molecule has 1 fully saturated rings. The van der Waals surface area contributed by atoms with Gasteiger partial charge in [-0.15, -0.1) is 0 Å². The molecule has 2 heterocycles. The van der Waals surface area contributed by atoms with Crippen LogP contribution in [-0.4, -0.2) is 24.5 Å². The van der Waals surface area contributed by atoms with Crippen LogP contribution in [0.15, 0.2) is 47.1 Å². The molecular weight excluding hydrogens is 344 g/mol. The van der Waals surface area contributed by atoms with Crippen molar-refractivity contribution in [3.05, 3.63) is 48.4 Å². The molecule has 0 bridgehead atoms. The predicted molar refractivity (Wildman–Crippen MR) is 103 cm³/mol. The summed E-state index contributed by atoms with van der Waals surface area (Å²) >= 11 is 0. The molecule has 1 aromatic heterocycles. The number of carbonyl (C=O) groups is 2. The largest absolute Gasteiger partial charge is 0.494 e. The topological polar surface area (TPSA) is 71.8 Å². The number of benzene rings is 1. The molecule has 1 N–H and O–H groups in total. The second kappa shape index (κ2) is 9.37. The molecule has 3 rings (SSSR count). The third-order valence-corrected chi connectivity index (χ3v) is 4.61. The number of anilines is 1. The van der Waals surface area contributed by atoms with Crippen LogP contribution >= 0.6 is 0 Å². The van der Waals surface area contributed by atoms with Gasteiger partial charge in [0.25, 0.3) is 5.91 Å². The number of rotatable bonds is 10. The molecule has 6 heteroatoms. The second-order valence-electron chi connectivity index (χ2n) is 6.69. The maximum absolute atomic E-state index is 12.6. The molecule has 1 atom stereocenters. The minimum absolute atomic E-state index is 0.148. The van der Waals surface area contributed by atoms with E-state index in [2.05, 4.69) is 12.2 Å². The fourth-order valence-corrected chi connectivity index (χ4v) is 3.11. The lowest BCUT2D eigenvalue weighted by molar-refractivity contribution is -0.121. The molecule has 1 aromatic carbocycles. The highest BCUT2D eigenvalue weighted by Crippen LogP contribution is 2.25. The summed E-state index contributed by atoms with van der Waals surface area (Å²) in [5.74, 6) is 1.04. The third kappa shape index (κ3) is 4.98. The van der Waals surface area contributed by atoms with Crippen LogP contribution in [0.3, 0.4) is 0 Å². The van der Waals surface area contributed by atoms with E-state index in [1.807, 2.05) is 6.07 Å². The van der Waals surface area contributed by atoms with Gasteiger partial charge in [-0.1, -0.05) is 26.2 Å². The van der Waals surface area contributed by atoms with Crippen molar-refractivity contribution in [2.45, 2.75) is 51.6 Å². The summed E-state index contributed by atoms with van der Waals surface area (Å²) in [4.78, 5) is 26.2. The van der Waals surface area contributed by atoms with Crippen LogP contribution < -0.4 is 15.0 Å². The Kier molecular flexibility index (Phi) is 6.65. The van der Waals surface area contributed by atoms with Gasteiger partial charge in [-0.3, -0.25) is 14.9 Å². The van der Waals surface area contributed by atoms with E-state index in [1.165, 1.54) is 17.7 Å². The summed E-state index contributed by atoms with van der Waals surface area (Å²) in [6.07, 6.45) is 6.34. The van der Waals surface area contributed by atoms with Crippen LogP contribution in [0.5, 0.6) is 5.75 Å². The van der Waals surface area contributed by atoms with E-state index in [0.717, 1.165) is 24.4 Å². The smallest absolute Gasteiger partial charge is 0.251 e. The van der Waals surface area contributed by atoms with Crippen molar-refractivity contribution in [3.8, 4) is 5.75 Å². The van der Waals surface area contributed by atoms with Gasteiger partial charge in [0.2, 0.25) is 5.91 Å². The van der Waals surface area contributed by atoms with Gasteiger partial charge in [-0.05, 0) is 42.8 Å². The zero-order chi connectivity index (χ0) is 19.1. The molecule has 6 nitrogen and oxygen atoms in total. The molecule has 0 radical (unpaired) electrons. The Morgan fingerprint density at radius 2 is 1.96 bits per heavy atom. The van der Waals surface area contributed by atoms with Gasteiger partial charge in [0.05, 0.1) is 37.6 Å². The molecular formula is C21H26N2O4. The molecule has 0 spiro atoms. The van der Waals surface area contributed by atoms with Crippen molar-refractivity contribution >= 4 is 17.5 Å². The van der Waals surface area contributed by atoms with E-state index in [0.29, 0.717) is 18.8 Å². The highest BCUT2D eigenvalue weighted by Gasteiger charge is 2.39. The van der Waals surface area contributed by atoms with E-state index in [-0.39, 0.29) is 18.2 Å². The summed E-state index contributed by atoms with van der Waals surface area (Å²) in [5, 5.41) is 3.09. The number of ether oxygens (including phenoxy) is 1. The number of nitrogens with one attached hydrogen (secondary N) is 1. The van der Waals surface area contributed by atoms with Crippen molar-refractivity contribution < 1.29 is 18.7 Å². The van der Waals surface area contributed by atoms with Crippen LogP contribution in [0, 0.1) is 0 Å².